The number of nitrogens with one attached hydrogen (secondary N) is 1. The van der Waals surface area contributed by atoms with Crippen LogP contribution in [0.3, 0.4) is 0 Å². The molecular weight excluding hydrogens is 206 g/mol. The summed E-state index contributed by atoms with van der Waals surface area (Å²) in [7, 11) is 0. The highest BCUT2D eigenvalue weighted by Gasteiger charge is 2.34. The third-order valence-electron chi connectivity index (χ3n) is 5.54. The third-order valence-corrected chi connectivity index (χ3v) is 5.54. The highest BCUT2D eigenvalue weighted by Crippen LogP contribution is 2.37. The molecule has 2 aliphatic rings. The Morgan fingerprint density at radius 1 is 0.941 bits per heavy atom. The van der Waals surface area contributed by atoms with Gasteiger partial charge in [-0.15, -0.1) is 0 Å². The molecule has 0 aromatic carbocycles. The molecule has 2 saturated carbocycles. The van der Waals surface area contributed by atoms with Crippen LogP contribution in [0, 0.1) is 17.3 Å². The Morgan fingerprint density at radius 3 is 2.35 bits per heavy atom. The number of hydrogen-bond acceptors (Lipinski definition) is 1. The van der Waals surface area contributed by atoms with Crippen molar-refractivity contribution in [1.29, 1.82) is 0 Å². The lowest BCUT2D eigenvalue weighted by molar-refractivity contribution is 0.129. The van der Waals surface area contributed by atoms with E-state index in [2.05, 4.69) is 33.0 Å². The highest BCUT2D eigenvalue weighted by atomic mass is 15.0. The first-order chi connectivity index (χ1) is 7.99. The van der Waals surface area contributed by atoms with Crippen molar-refractivity contribution in [2.75, 3.05) is 0 Å². The molecule has 4 atom stereocenters. The summed E-state index contributed by atoms with van der Waals surface area (Å²) in [6.07, 6.45) is 9.89. The van der Waals surface area contributed by atoms with Gasteiger partial charge in [0.25, 0.3) is 0 Å². The van der Waals surface area contributed by atoms with Crippen molar-refractivity contribution >= 4 is 0 Å². The molecule has 0 amide bonds. The minimum absolute atomic E-state index is 0.518. The lowest BCUT2D eigenvalue weighted by Gasteiger charge is -2.43. The molecule has 0 bridgehead atoms. The van der Waals surface area contributed by atoms with Gasteiger partial charge in [-0.1, -0.05) is 40.5 Å². The Hall–Kier alpha value is -0.0400. The van der Waals surface area contributed by atoms with Gasteiger partial charge in [-0.05, 0) is 49.4 Å². The average molecular weight is 237 g/mol. The molecule has 0 aliphatic heterocycles. The molecule has 2 rings (SSSR count). The van der Waals surface area contributed by atoms with Gasteiger partial charge in [0.2, 0.25) is 0 Å². The van der Waals surface area contributed by atoms with E-state index in [4.69, 9.17) is 0 Å². The minimum Gasteiger partial charge on any atom is -0.311 e. The quantitative estimate of drug-likeness (QED) is 0.752. The molecule has 1 nitrogen and oxygen atoms in total. The second-order valence-electron chi connectivity index (χ2n) is 7.42. The molecule has 17 heavy (non-hydrogen) atoms. The van der Waals surface area contributed by atoms with E-state index in [0.717, 1.165) is 23.9 Å². The van der Waals surface area contributed by atoms with Crippen LogP contribution in [-0.4, -0.2) is 12.1 Å². The molecular formula is C16H31N. The molecule has 2 aliphatic carbocycles. The standard InChI is InChI=1S/C16H31N/c1-12-8-9-14(11-13(12)2)17-15-7-5-6-10-16(15,3)4/h12-15,17H,5-11H2,1-4H3. The topological polar surface area (TPSA) is 12.0 Å². The smallest absolute Gasteiger partial charge is 0.0121 e. The van der Waals surface area contributed by atoms with Gasteiger partial charge in [-0.3, -0.25) is 0 Å². The van der Waals surface area contributed by atoms with E-state index >= 15 is 0 Å². The van der Waals surface area contributed by atoms with Crippen molar-refractivity contribution in [2.24, 2.45) is 17.3 Å². The third kappa shape index (κ3) is 3.24. The summed E-state index contributed by atoms with van der Waals surface area (Å²) in [6, 6.07) is 1.56. The van der Waals surface area contributed by atoms with Crippen molar-refractivity contribution < 1.29 is 0 Å². The SMILES string of the molecule is CC1CCC(NC2CCCCC2(C)C)CC1C. The highest BCUT2D eigenvalue weighted by molar-refractivity contribution is 4.91. The first kappa shape index (κ1) is 13.4. The molecule has 0 spiro atoms. The van der Waals surface area contributed by atoms with Crippen LogP contribution in [0.5, 0.6) is 0 Å². The fraction of sp³-hybridized carbons (Fsp3) is 1.00. The van der Waals surface area contributed by atoms with E-state index in [1.165, 1.54) is 44.9 Å². The molecule has 0 heterocycles. The largest absolute Gasteiger partial charge is 0.311 e. The van der Waals surface area contributed by atoms with E-state index in [1.807, 2.05) is 0 Å². The second-order valence-corrected chi connectivity index (χ2v) is 7.42. The van der Waals surface area contributed by atoms with Gasteiger partial charge < -0.3 is 5.32 Å². The minimum atomic E-state index is 0.518. The first-order valence-corrected chi connectivity index (χ1v) is 7.75. The lowest BCUT2D eigenvalue weighted by Crippen LogP contribution is -2.50. The zero-order chi connectivity index (χ0) is 12.5. The van der Waals surface area contributed by atoms with Gasteiger partial charge in [0.1, 0.15) is 0 Å². The van der Waals surface area contributed by atoms with Crippen LogP contribution in [0.2, 0.25) is 0 Å². The molecule has 4 unspecified atom stereocenters. The lowest BCUT2D eigenvalue weighted by atomic mass is 9.72. The van der Waals surface area contributed by atoms with Crippen molar-refractivity contribution in [3.8, 4) is 0 Å². The van der Waals surface area contributed by atoms with E-state index in [0.29, 0.717) is 5.41 Å². The fourth-order valence-electron chi connectivity index (χ4n) is 3.79. The summed E-state index contributed by atoms with van der Waals surface area (Å²) in [5.41, 5.74) is 0.518. The van der Waals surface area contributed by atoms with Crippen LogP contribution in [0.25, 0.3) is 0 Å². The average Bonchev–Trinajstić information content (AvgIpc) is 2.26. The van der Waals surface area contributed by atoms with Crippen molar-refractivity contribution in [1.82, 2.24) is 5.32 Å². The van der Waals surface area contributed by atoms with Crippen LogP contribution >= 0.6 is 0 Å². The Labute approximate surface area is 108 Å². The van der Waals surface area contributed by atoms with Gasteiger partial charge in [0, 0.05) is 12.1 Å². The van der Waals surface area contributed by atoms with Gasteiger partial charge in [-0.2, -0.15) is 0 Å². The number of rotatable bonds is 2. The predicted octanol–water partition coefficient (Wildman–Crippen LogP) is 4.37. The maximum Gasteiger partial charge on any atom is 0.0121 e. The van der Waals surface area contributed by atoms with Gasteiger partial charge in [0.05, 0.1) is 0 Å². The molecule has 0 saturated heterocycles. The van der Waals surface area contributed by atoms with E-state index in [9.17, 15) is 0 Å². The summed E-state index contributed by atoms with van der Waals surface area (Å²) >= 11 is 0. The van der Waals surface area contributed by atoms with Crippen LogP contribution in [0.4, 0.5) is 0 Å². The van der Waals surface area contributed by atoms with Crippen molar-refractivity contribution in [3.63, 3.8) is 0 Å². The van der Waals surface area contributed by atoms with Crippen LogP contribution < -0.4 is 5.32 Å². The maximum absolute atomic E-state index is 4.00. The van der Waals surface area contributed by atoms with Gasteiger partial charge in [-0.25, -0.2) is 0 Å². The summed E-state index contributed by atoms with van der Waals surface area (Å²) in [5, 5.41) is 4.00. The Morgan fingerprint density at radius 2 is 1.71 bits per heavy atom. The van der Waals surface area contributed by atoms with E-state index in [-0.39, 0.29) is 0 Å². The summed E-state index contributed by atoms with van der Waals surface area (Å²) in [4.78, 5) is 0. The zero-order valence-corrected chi connectivity index (χ0v) is 12.3. The van der Waals surface area contributed by atoms with Crippen LogP contribution in [-0.2, 0) is 0 Å². The summed E-state index contributed by atoms with van der Waals surface area (Å²) < 4.78 is 0. The molecule has 0 aromatic rings. The molecule has 0 radical (unpaired) electrons. The zero-order valence-electron chi connectivity index (χ0n) is 12.3. The summed E-state index contributed by atoms with van der Waals surface area (Å²) in [6.45, 7) is 9.77. The van der Waals surface area contributed by atoms with Crippen LogP contribution in [0.15, 0.2) is 0 Å². The van der Waals surface area contributed by atoms with Crippen molar-refractivity contribution in [3.05, 3.63) is 0 Å². The number of hydrogen-bond donors (Lipinski definition) is 1. The molecule has 0 aromatic heterocycles. The van der Waals surface area contributed by atoms with E-state index in [1.54, 1.807) is 0 Å². The monoisotopic (exact) mass is 237 g/mol. The van der Waals surface area contributed by atoms with E-state index < -0.39 is 0 Å². The predicted molar refractivity (Wildman–Crippen MR) is 75.1 cm³/mol. The molecule has 2 fully saturated rings. The first-order valence-electron chi connectivity index (χ1n) is 7.75. The summed E-state index contributed by atoms with van der Waals surface area (Å²) in [5.74, 6) is 1.85. The second kappa shape index (κ2) is 5.30. The van der Waals surface area contributed by atoms with Crippen molar-refractivity contribution in [2.45, 2.75) is 84.7 Å². The Bertz CT molecular complexity index is 246. The molecule has 1 heteroatoms. The molecule has 1 N–H and O–H groups in total. The fourth-order valence-corrected chi connectivity index (χ4v) is 3.79. The molecule has 100 valence electrons. The normalized spacial score (nSPS) is 42.4. The van der Waals surface area contributed by atoms with Crippen LogP contribution in [0.1, 0.15) is 72.6 Å². The Kier molecular flexibility index (Phi) is 4.18. The maximum atomic E-state index is 4.00. The Balaban J connectivity index is 1.88. The van der Waals surface area contributed by atoms with Gasteiger partial charge in [0.15, 0.2) is 0 Å². The van der Waals surface area contributed by atoms with Gasteiger partial charge >= 0.3 is 0 Å².